The Morgan fingerprint density at radius 3 is 2.42 bits per heavy atom. The number of aromatic amines is 1. The number of imidazole rings is 1. The molecule has 0 atom stereocenters. The van der Waals surface area contributed by atoms with E-state index in [9.17, 15) is 10.2 Å². The summed E-state index contributed by atoms with van der Waals surface area (Å²) in [5.74, 6) is 0.666. The minimum atomic E-state index is -0.181. The number of aromatic nitrogens is 2. The summed E-state index contributed by atoms with van der Waals surface area (Å²) in [5.41, 5.74) is 1.99. The summed E-state index contributed by atoms with van der Waals surface area (Å²) in [6.07, 6.45) is 0. The molecule has 0 bridgehead atoms. The molecule has 0 saturated carbocycles. The van der Waals surface area contributed by atoms with Crippen LogP contribution in [0.5, 0.6) is 0 Å². The van der Waals surface area contributed by atoms with Crippen molar-refractivity contribution in [3.63, 3.8) is 0 Å². The van der Waals surface area contributed by atoms with E-state index >= 15 is 0 Å². The first-order valence-electron chi connectivity index (χ1n) is 6.10. The van der Waals surface area contributed by atoms with Crippen molar-refractivity contribution in [2.45, 2.75) is 13.2 Å². The molecule has 0 radical (unpaired) electrons. The Morgan fingerprint density at radius 1 is 0.947 bits per heavy atom. The van der Waals surface area contributed by atoms with Crippen molar-refractivity contribution >= 4 is 10.8 Å². The Morgan fingerprint density at radius 2 is 1.74 bits per heavy atom. The molecular weight excluding hydrogens is 240 g/mol. The molecular formula is C15H14N2O2. The van der Waals surface area contributed by atoms with Gasteiger partial charge in [0.1, 0.15) is 5.82 Å². The van der Waals surface area contributed by atoms with Crippen molar-refractivity contribution in [3.8, 4) is 11.4 Å². The van der Waals surface area contributed by atoms with Gasteiger partial charge in [-0.1, -0.05) is 36.4 Å². The van der Waals surface area contributed by atoms with Crippen LogP contribution in [0.4, 0.5) is 0 Å². The maximum atomic E-state index is 9.20. The summed E-state index contributed by atoms with van der Waals surface area (Å²) in [7, 11) is 0. The van der Waals surface area contributed by atoms with Gasteiger partial charge < -0.3 is 15.2 Å². The normalized spacial score (nSPS) is 11.1. The van der Waals surface area contributed by atoms with E-state index in [2.05, 4.69) is 16.0 Å². The number of benzene rings is 2. The van der Waals surface area contributed by atoms with Gasteiger partial charge in [-0.05, 0) is 16.8 Å². The monoisotopic (exact) mass is 254 g/mol. The molecule has 0 aliphatic heterocycles. The molecule has 3 aromatic rings. The SMILES string of the molecule is OCc1nc(-c2ccc3ccccc3c2)[nH]c1CO. The fourth-order valence-electron chi connectivity index (χ4n) is 2.18. The van der Waals surface area contributed by atoms with Crippen LogP contribution in [0.3, 0.4) is 0 Å². The van der Waals surface area contributed by atoms with Gasteiger partial charge >= 0.3 is 0 Å². The fraction of sp³-hybridized carbons (Fsp3) is 0.133. The second kappa shape index (κ2) is 4.84. The van der Waals surface area contributed by atoms with E-state index in [-0.39, 0.29) is 13.2 Å². The number of aliphatic hydroxyl groups is 2. The van der Waals surface area contributed by atoms with Crippen molar-refractivity contribution in [3.05, 3.63) is 53.9 Å². The number of nitrogens with zero attached hydrogens (tertiary/aromatic N) is 1. The maximum absolute atomic E-state index is 9.20. The largest absolute Gasteiger partial charge is 0.390 e. The Hall–Kier alpha value is -2.17. The van der Waals surface area contributed by atoms with Gasteiger partial charge in [0, 0.05) is 5.56 Å². The van der Waals surface area contributed by atoms with Gasteiger partial charge in [0.2, 0.25) is 0 Å². The maximum Gasteiger partial charge on any atom is 0.138 e. The molecule has 1 heterocycles. The van der Waals surface area contributed by atoms with Gasteiger partial charge in [-0.2, -0.15) is 0 Å². The molecule has 1 aromatic heterocycles. The highest BCUT2D eigenvalue weighted by atomic mass is 16.3. The Bertz CT molecular complexity index is 697. The number of fused-ring (bicyclic) bond motifs is 1. The van der Waals surface area contributed by atoms with E-state index < -0.39 is 0 Å². The quantitative estimate of drug-likeness (QED) is 0.671. The molecule has 19 heavy (non-hydrogen) atoms. The minimum Gasteiger partial charge on any atom is -0.390 e. The van der Waals surface area contributed by atoms with Crippen LogP contribution in [0.15, 0.2) is 42.5 Å². The standard InChI is InChI=1S/C15H14N2O2/c18-8-13-14(9-19)17-15(16-13)12-6-5-10-3-1-2-4-11(10)7-12/h1-7,18-19H,8-9H2,(H,16,17). The van der Waals surface area contributed by atoms with Crippen LogP contribution in [0.2, 0.25) is 0 Å². The Balaban J connectivity index is 2.10. The topological polar surface area (TPSA) is 69.1 Å². The van der Waals surface area contributed by atoms with Crippen LogP contribution in [-0.2, 0) is 13.2 Å². The number of H-pyrrole nitrogens is 1. The predicted molar refractivity (Wildman–Crippen MR) is 73.4 cm³/mol. The molecule has 3 rings (SSSR count). The summed E-state index contributed by atoms with van der Waals surface area (Å²) in [6.45, 7) is -0.337. The van der Waals surface area contributed by atoms with Gasteiger partial charge in [0.05, 0.1) is 24.6 Å². The van der Waals surface area contributed by atoms with Crippen molar-refractivity contribution in [2.75, 3.05) is 0 Å². The molecule has 96 valence electrons. The fourth-order valence-corrected chi connectivity index (χ4v) is 2.18. The molecule has 0 unspecified atom stereocenters. The van der Waals surface area contributed by atoms with Gasteiger partial charge in [0.15, 0.2) is 0 Å². The van der Waals surface area contributed by atoms with Crippen molar-refractivity contribution in [1.82, 2.24) is 9.97 Å². The van der Waals surface area contributed by atoms with E-state index in [4.69, 9.17) is 0 Å². The highest BCUT2D eigenvalue weighted by Crippen LogP contribution is 2.23. The van der Waals surface area contributed by atoms with Crippen LogP contribution < -0.4 is 0 Å². The first kappa shape index (κ1) is 11.9. The molecule has 0 fully saturated rings. The van der Waals surface area contributed by atoms with Crippen LogP contribution in [0.25, 0.3) is 22.2 Å². The van der Waals surface area contributed by atoms with Crippen molar-refractivity contribution in [1.29, 1.82) is 0 Å². The van der Waals surface area contributed by atoms with Gasteiger partial charge in [0.25, 0.3) is 0 Å². The van der Waals surface area contributed by atoms with E-state index in [1.807, 2.05) is 36.4 Å². The lowest BCUT2D eigenvalue weighted by Gasteiger charge is -2.00. The smallest absolute Gasteiger partial charge is 0.138 e. The lowest BCUT2D eigenvalue weighted by atomic mass is 10.1. The first-order chi connectivity index (χ1) is 9.31. The van der Waals surface area contributed by atoms with Crippen LogP contribution >= 0.6 is 0 Å². The molecule has 0 saturated heterocycles. The summed E-state index contributed by atoms with van der Waals surface area (Å²) >= 11 is 0. The van der Waals surface area contributed by atoms with E-state index in [1.54, 1.807) is 0 Å². The second-order valence-corrected chi connectivity index (χ2v) is 4.39. The highest BCUT2D eigenvalue weighted by Gasteiger charge is 2.10. The van der Waals surface area contributed by atoms with Crippen LogP contribution in [0, 0.1) is 0 Å². The number of hydrogen-bond acceptors (Lipinski definition) is 3. The zero-order chi connectivity index (χ0) is 13.2. The number of nitrogens with one attached hydrogen (secondary N) is 1. The van der Waals surface area contributed by atoms with Crippen molar-refractivity contribution < 1.29 is 10.2 Å². The summed E-state index contributed by atoms with van der Waals surface area (Å²) in [4.78, 5) is 7.35. The lowest BCUT2D eigenvalue weighted by Crippen LogP contribution is -1.91. The number of aliphatic hydroxyl groups excluding tert-OH is 2. The molecule has 0 amide bonds. The average Bonchev–Trinajstić information content (AvgIpc) is 2.90. The van der Waals surface area contributed by atoms with Crippen LogP contribution in [-0.4, -0.2) is 20.2 Å². The summed E-state index contributed by atoms with van der Waals surface area (Å²) in [5, 5.41) is 20.7. The van der Waals surface area contributed by atoms with Gasteiger partial charge in [-0.3, -0.25) is 0 Å². The Labute approximate surface area is 110 Å². The third kappa shape index (κ3) is 2.12. The van der Waals surface area contributed by atoms with E-state index in [1.165, 1.54) is 5.39 Å². The zero-order valence-electron chi connectivity index (χ0n) is 10.3. The molecule has 4 nitrogen and oxygen atoms in total. The molecule has 2 aromatic carbocycles. The average molecular weight is 254 g/mol. The predicted octanol–water partition coefficient (Wildman–Crippen LogP) is 2.21. The van der Waals surface area contributed by atoms with E-state index in [0.29, 0.717) is 17.2 Å². The molecule has 0 aliphatic rings. The minimum absolute atomic E-state index is 0.156. The first-order valence-corrected chi connectivity index (χ1v) is 6.10. The molecule has 3 N–H and O–H groups in total. The van der Waals surface area contributed by atoms with Crippen molar-refractivity contribution in [2.24, 2.45) is 0 Å². The molecule has 0 spiro atoms. The van der Waals surface area contributed by atoms with Gasteiger partial charge in [-0.15, -0.1) is 0 Å². The molecule has 0 aliphatic carbocycles. The Kier molecular flexibility index (Phi) is 3.03. The third-order valence-corrected chi connectivity index (χ3v) is 3.20. The molecule has 4 heteroatoms. The van der Waals surface area contributed by atoms with Crippen LogP contribution in [0.1, 0.15) is 11.4 Å². The third-order valence-electron chi connectivity index (χ3n) is 3.20. The highest BCUT2D eigenvalue weighted by molar-refractivity contribution is 5.86. The second-order valence-electron chi connectivity index (χ2n) is 4.39. The summed E-state index contributed by atoms with van der Waals surface area (Å²) < 4.78 is 0. The number of rotatable bonds is 3. The van der Waals surface area contributed by atoms with E-state index in [0.717, 1.165) is 10.9 Å². The lowest BCUT2D eigenvalue weighted by molar-refractivity contribution is 0.255. The number of hydrogen-bond donors (Lipinski definition) is 3. The van der Waals surface area contributed by atoms with Gasteiger partial charge in [-0.25, -0.2) is 4.98 Å². The summed E-state index contributed by atoms with van der Waals surface area (Å²) in [6, 6.07) is 14.1. The zero-order valence-corrected chi connectivity index (χ0v) is 10.3.